The Labute approximate surface area is 93.2 Å². The molecule has 4 heteroatoms. The lowest BCUT2D eigenvalue weighted by molar-refractivity contribution is 0.0949. The molecule has 0 aliphatic heterocycles. The van der Waals surface area contributed by atoms with Gasteiger partial charge in [0.25, 0.3) is 0 Å². The molecule has 0 amide bonds. The molecule has 0 atom stereocenters. The zero-order chi connectivity index (χ0) is 11.1. The third-order valence-electron chi connectivity index (χ3n) is 2.65. The van der Waals surface area contributed by atoms with E-state index in [0.717, 1.165) is 12.8 Å². The molecule has 1 aliphatic carbocycles. The third kappa shape index (κ3) is 1.85. The molecule has 2 N–H and O–H groups in total. The highest BCUT2D eigenvalue weighted by atomic mass is 35.5. The SMILES string of the molecule is COc1ccc(C(=O)C2(N)CC2)cc1Cl. The largest absolute Gasteiger partial charge is 0.495 e. The normalized spacial score (nSPS) is 17.3. The fraction of sp³-hybridized carbons (Fsp3) is 0.364. The van der Waals surface area contributed by atoms with Gasteiger partial charge < -0.3 is 10.5 Å². The molecule has 1 aromatic carbocycles. The summed E-state index contributed by atoms with van der Waals surface area (Å²) in [4.78, 5) is 11.9. The lowest BCUT2D eigenvalue weighted by atomic mass is 10.0. The maximum atomic E-state index is 11.9. The molecule has 0 heterocycles. The number of Topliss-reactive ketones (excluding diaryl/α,β-unsaturated/α-hetero) is 1. The number of carbonyl (C=O) groups excluding carboxylic acids is 1. The van der Waals surface area contributed by atoms with Crippen molar-refractivity contribution in [1.82, 2.24) is 0 Å². The van der Waals surface area contributed by atoms with Crippen molar-refractivity contribution in [2.24, 2.45) is 5.73 Å². The first-order valence-corrected chi connectivity index (χ1v) is 5.12. The van der Waals surface area contributed by atoms with Crippen LogP contribution in [0.3, 0.4) is 0 Å². The first kappa shape index (κ1) is 10.5. The van der Waals surface area contributed by atoms with Crippen molar-refractivity contribution in [2.45, 2.75) is 18.4 Å². The number of ether oxygens (including phenoxy) is 1. The molecule has 0 spiro atoms. The quantitative estimate of drug-likeness (QED) is 0.801. The van der Waals surface area contributed by atoms with E-state index in [2.05, 4.69) is 0 Å². The van der Waals surface area contributed by atoms with Crippen molar-refractivity contribution in [1.29, 1.82) is 0 Å². The third-order valence-corrected chi connectivity index (χ3v) is 2.95. The Morgan fingerprint density at radius 3 is 2.67 bits per heavy atom. The lowest BCUT2D eigenvalue weighted by Crippen LogP contribution is -2.32. The van der Waals surface area contributed by atoms with Crippen LogP contribution < -0.4 is 10.5 Å². The van der Waals surface area contributed by atoms with Gasteiger partial charge in [0, 0.05) is 5.56 Å². The second kappa shape index (κ2) is 3.51. The molecule has 1 fully saturated rings. The van der Waals surface area contributed by atoms with Crippen molar-refractivity contribution in [2.75, 3.05) is 7.11 Å². The summed E-state index contributed by atoms with van der Waals surface area (Å²) in [6.45, 7) is 0. The Hall–Kier alpha value is -1.06. The standard InChI is InChI=1S/C11H12ClNO2/c1-15-9-3-2-7(6-8(9)12)10(14)11(13)4-5-11/h2-3,6H,4-5,13H2,1H3. The predicted molar refractivity (Wildman–Crippen MR) is 58.5 cm³/mol. The van der Waals surface area contributed by atoms with Crippen molar-refractivity contribution in [3.8, 4) is 5.75 Å². The average Bonchev–Trinajstić information content (AvgIpc) is 2.96. The molecule has 0 radical (unpaired) electrons. The summed E-state index contributed by atoms with van der Waals surface area (Å²) >= 11 is 5.93. The molecule has 2 rings (SSSR count). The summed E-state index contributed by atoms with van der Waals surface area (Å²) in [5.41, 5.74) is 5.73. The van der Waals surface area contributed by atoms with E-state index >= 15 is 0 Å². The number of hydrogen-bond acceptors (Lipinski definition) is 3. The average molecular weight is 226 g/mol. The van der Waals surface area contributed by atoms with Gasteiger partial charge in [0.15, 0.2) is 5.78 Å². The maximum Gasteiger partial charge on any atom is 0.182 e. The van der Waals surface area contributed by atoms with Gasteiger partial charge in [-0.3, -0.25) is 4.79 Å². The summed E-state index contributed by atoms with van der Waals surface area (Å²) < 4.78 is 5.01. The lowest BCUT2D eigenvalue weighted by Gasteiger charge is -2.09. The van der Waals surface area contributed by atoms with Crippen molar-refractivity contribution in [3.05, 3.63) is 28.8 Å². The minimum absolute atomic E-state index is 0.0351. The summed E-state index contributed by atoms with van der Waals surface area (Å²) in [7, 11) is 1.54. The van der Waals surface area contributed by atoms with Crippen molar-refractivity contribution >= 4 is 17.4 Å². The fourth-order valence-corrected chi connectivity index (χ4v) is 1.71. The molecule has 1 aromatic rings. The number of methoxy groups -OCH3 is 1. The second-order valence-corrected chi connectivity index (χ2v) is 4.24. The summed E-state index contributed by atoms with van der Waals surface area (Å²) in [5, 5.41) is 0.438. The van der Waals surface area contributed by atoms with Crippen molar-refractivity contribution in [3.63, 3.8) is 0 Å². The zero-order valence-electron chi connectivity index (χ0n) is 8.42. The molecule has 80 valence electrons. The first-order valence-electron chi connectivity index (χ1n) is 4.74. The monoisotopic (exact) mass is 225 g/mol. The first-order chi connectivity index (χ1) is 7.07. The maximum absolute atomic E-state index is 11.9. The van der Waals surface area contributed by atoms with Crippen LogP contribution in [0.25, 0.3) is 0 Å². The Morgan fingerprint density at radius 1 is 1.53 bits per heavy atom. The van der Waals surface area contributed by atoms with Gasteiger partial charge in [0.05, 0.1) is 17.7 Å². The van der Waals surface area contributed by atoms with Gasteiger partial charge in [0.1, 0.15) is 5.75 Å². The van der Waals surface area contributed by atoms with E-state index in [0.29, 0.717) is 16.3 Å². The van der Waals surface area contributed by atoms with Crippen LogP contribution in [-0.4, -0.2) is 18.4 Å². The highest BCUT2D eigenvalue weighted by Gasteiger charge is 2.46. The van der Waals surface area contributed by atoms with Gasteiger partial charge >= 0.3 is 0 Å². The number of carbonyl (C=O) groups is 1. The zero-order valence-corrected chi connectivity index (χ0v) is 9.17. The molecule has 0 saturated heterocycles. The van der Waals surface area contributed by atoms with Crippen LogP contribution in [0.4, 0.5) is 0 Å². The number of hydrogen-bond donors (Lipinski definition) is 1. The number of ketones is 1. The van der Waals surface area contributed by atoms with Gasteiger partial charge in [-0.15, -0.1) is 0 Å². The number of nitrogens with two attached hydrogens (primary N) is 1. The number of rotatable bonds is 3. The van der Waals surface area contributed by atoms with E-state index in [9.17, 15) is 4.79 Å². The molecule has 1 aliphatic rings. The fourth-order valence-electron chi connectivity index (χ4n) is 1.46. The highest BCUT2D eigenvalue weighted by molar-refractivity contribution is 6.32. The topological polar surface area (TPSA) is 52.3 Å². The van der Waals surface area contributed by atoms with Crippen molar-refractivity contribution < 1.29 is 9.53 Å². The highest BCUT2D eigenvalue weighted by Crippen LogP contribution is 2.36. The van der Waals surface area contributed by atoms with Crippen LogP contribution in [0.1, 0.15) is 23.2 Å². The van der Waals surface area contributed by atoms with E-state index in [4.69, 9.17) is 22.1 Å². The second-order valence-electron chi connectivity index (χ2n) is 3.83. The van der Waals surface area contributed by atoms with Crippen LogP contribution in [0.2, 0.25) is 5.02 Å². The summed E-state index contributed by atoms with van der Waals surface area (Å²) in [6.07, 6.45) is 1.52. The molecular weight excluding hydrogens is 214 g/mol. The minimum Gasteiger partial charge on any atom is -0.495 e. The summed E-state index contributed by atoms with van der Waals surface area (Å²) in [6, 6.07) is 4.98. The molecule has 0 aromatic heterocycles. The van der Waals surface area contributed by atoms with E-state index in [1.165, 1.54) is 7.11 Å². The van der Waals surface area contributed by atoms with Crippen LogP contribution >= 0.6 is 11.6 Å². The van der Waals surface area contributed by atoms with Crippen LogP contribution in [0.5, 0.6) is 5.75 Å². The number of halogens is 1. The smallest absolute Gasteiger partial charge is 0.182 e. The Kier molecular flexibility index (Phi) is 2.44. The minimum atomic E-state index is -0.641. The van der Waals surface area contributed by atoms with E-state index in [-0.39, 0.29) is 5.78 Å². The Bertz CT molecular complexity index is 413. The van der Waals surface area contributed by atoms with Crippen LogP contribution in [0.15, 0.2) is 18.2 Å². The van der Waals surface area contributed by atoms with E-state index in [1.54, 1.807) is 18.2 Å². The number of benzene rings is 1. The van der Waals surface area contributed by atoms with Gasteiger partial charge in [-0.2, -0.15) is 0 Å². The molecule has 0 unspecified atom stereocenters. The van der Waals surface area contributed by atoms with Gasteiger partial charge in [-0.1, -0.05) is 11.6 Å². The Morgan fingerprint density at radius 2 is 2.20 bits per heavy atom. The van der Waals surface area contributed by atoms with Crippen LogP contribution in [-0.2, 0) is 0 Å². The molecule has 0 bridgehead atoms. The Balaban J connectivity index is 2.30. The van der Waals surface area contributed by atoms with Gasteiger partial charge in [-0.05, 0) is 31.0 Å². The molecule has 1 saturated carbocycles. The molecule has 3 nitrogen and oxygen atoms in total. The molecular formula is C11H12ClNO2. The van der Waals surface area contributed by atoms with E-state index < -0.39 is 5.54 Å². The van der Waals surface area contributed by atoms with Crippen LogP contribution in [0, 0.1) is 0 Å². The predicted octanol–water partition coefficient (Wildman–Crippen LogP) is 2.02. The summed E-state index contributed by atoms with van der Waals surface area (Å²) in [5.74, 6) is 0.530. The van der Waals surface area contributed by atoms with Gasteiger partial charge in [0.2, 0.25) is 0 Å². The van der Waals surface area contributed by atoms with Gasteiger partial charge in [-0.25, -0.2) is 0 Å². The van der Waals surface area contributed by atoms with E-state index in [1.807, 2.05) is 0 Å². The molecule has 15 heavy (non-hydrogen) atoms.